The van der Waals surface area contributed by atoms with E-state index in [1.165, 1.54) is 6.08 Å². The number of Topliss-reactive ketones (excluding diaryl/α,β-unsaturated/α-hetero) is 1. The van der Waals surface area contributed by atoms with Crippen molar-refractivity contribution in [3.63, 3.8) is 0 Å². The Morgan fingerprint density at radius 1 is 1.75 bits per heavy atom. The Kier molecular flexibility index (Phi) is 2.76. The molecule has 0 bridgehead atoms. The van der Waals surface area contributed by atoms with Gasteiger partial charge in [0.05, 0.1) is 6.04 Å². The average Bonchev–Trinajstić information content (AvgIpc) is 2.08. The number of nitrogens with zero attached hydrogens (tertiary/aromatic N) is 1. The van der Waals surface area contributed by atoms with E-state index in [9.17, 15) is 9.59 Å². The zero-order valence-corrected chi connectivity index (χ0v) is 7.25. The van der Waals surface area contributed by atoms with Gasteiger partial charge in [-0.3, -0.25) is 14.5 Å². The molecule has 3 nitrogen and oxygen atoms in total. The van der Waals surface area contributed by atoms with Crippen molar-refractivity contribution in [2.45, 2.75) is 18.9 Å². The standard InChI is InChI=1S/C9H13NO2/c1-3-9(12)8-6-7(11)4-5-10(8)2/h3,8H,1,4-6H2,2H3. The third kappa shape index (κ3) is 1.80. The molecule has 0 aliphatic carbocycles. The van der Waals surface area contributed by atoms with E-state index in [0.717, 1.165) is 0 Å². The first-order valence-electron chi connectivity index (χ1n) is 4.03. The molecule has 1 saturated heterocycles. The predicted molar refractivity (Wildman–Crippen MR) is 45.9 cm³/mol. The quantitative estimate of drug-likeness (QED) is 0.559. The summed E-state index contributed by atoms with van der Waals surface area (Å²) >= 11 is 0. The smallest absolute Gasteiger partial charge is 0.172 e. The van der Waals surface area contributed by atoms with Gasteiger partial charge in [0.25, 0.3) is 0 Å². The van der Waals surface area contributed by atoms with Crippen LogP contribution < -0.4 is 0 Å². The largest absolute Gasteiger partial charge is 0.300 e. The van der Waals surface area contributed by atoms with Gasteiger partial charge < -0.3 is 0 Å². The normalized spacial score (nSPS) is 25.4. The van der Waals surface area contributed by atoms with Gasteiger partial charge in [-0.05, 0) is 13.1 Å². The Labute approximate surface area is 72.0 Å². The van der Waals surface area contributed by atoms with Crippen molar-refractivity contribution in [1.82, 2.24) is 4.90 Å². The summed E-state index contributed by atoms with van der Waals surface area (Å²) in [7, 11) is 1.86. The zero-order chi connectivity index (χ0) is 9.14. The lowest BCUT2D eigenvalue weighted by Crippen LogP contribution is -2.44. The van der Waals surface area contributed by atoms with Crippen LogP contribution in [0.25, 0.3) is 0 Å². The molecular formula is C9H13NO2. The number of piperidine rings is 1. The molecular weight excluding hydrogens is 154 g/mol. The molecule has 1 rings (SSSR count). The number of likely N-dealkylation sites (tertiary alicyclic amines) is 1. The second kappa shape index (κ2) is 3.63. The molecule has 1 aliphatic rings. The van der Waals surface area contributed by atoms with Crippen LogP contribution in [0.4, 0.5) is 0 Å². The lowest BCUT2D eigenvalue weighted by Gasteiger charge is -2.29. The highest BCUT2D eigenvalue weighted by molar-refractivity contribution is 5.97. The van der Waals surface area contributed by atoms with Crippen LogP contribution in [0, 0.1) is 0 Å². The second-order valence-electron chi connectivity index (χ2n) is 3.10. The second-order valence-corrected chi connectivity index (χ2v) is 3.10. The highest BCUT2D eigenvalue weighted by Gasteiger charge is 2.27. The fourth-order valence-corrected chi connectivity index (χ4v) is 1.38. The van der Waals surface area contributed by atoms with E-state index in [-0.39, 0.29) is 17.6 Å². The number of hydrogen-bond acceptors (Lipinski definition) is 3. The Bertz CT molecular complexity index is 223. The van der Waals surface area contributed by atoms with E-state index in [0.29, 0.717) is 19.4 Å². The van der Waals surface area contributed by atoms with E-state index in [2.05, 4.69) is 6.58 Å². The summed E-state index contributed by atoms with van der Waals surface area (Å²) in [5, 5.41) is 0. The summed E-state index contributed by atoms with van der Waals surface area (Å²) in [5.74, 6) is 0.124. The summed E-state index contributed by atoms with van der Waals surface area (Å²) in [6, 6.07) is -0.260. The highest BCUT2D eigenvalue weighted by Crippen LogP contribution is 2.13. The fourth-order valence-electron chi connectivity index (χ4n) is 1.38. The van der Waals surface area contributed by atoms with Crippen LogP contribution in [0.5, 0.6) is 0 Å². The van der Waals surface area contributed by atoms with E-state index >= 15 is 0 Å². The van der Waals surface area contributed by atoms with Crippen molar-refractivity contribution < 1.29 is 9.59 Å². The maximum atomic E-state index is 11.2. The van der Waals surface area contributed by atoms with Gasteiger partial charge in [0.15, 0.2) is 5.78 Å². The molecule has 0 aromatic rings. The molecule has 66 valence electrons. The van der Waals surface area contributed by atoms with E-state index in [4.69, 9.17) is 0 Å². The van der Waals surface area contributed by atoms with E-state index in [1.54, 1.807) is 0 Å². The van der Waals surface area contributed by atoms with Gasteiger partial charge in [0.1, 0.15) is 5.78 Å². The van der Waals surface area contributed by atoms with Crippen LogP contribution >= 0.6 is 0 Å². The Morgan fingerprint density at radius 2 is 2.42 bits per heavy atom. The molecule has 0 radical (unpaired) electrons. The molecule has 0 aromatic carbocycles. The average molecular weight is 167 g/mol. The number of carbonyl (C=O) groups excluding carboxylic acids is 2. The summed E-state index contributed by atoms with van der Waals surface area (Å²) in [5.41, 5.74) is 0. The van der Waals surface area contributed by atoms with Crippen LogP contribution in [0.15, 0.2) is 12.7 Å². The predicted octanol–water partition coefficient (Wildman–Crippen LogP) is 0.405. The van der Waals surface area contributed by atoms with Crippen molar-refractivity contribution >= 4 is 11.6 Å². The lowest BCUT2D eigenvalue weighted by atomic mass is 9.98. The van der Waals surface area contributed by atoms with Crippen molar-refractivity contribution in [3.8, 4) is 0 Å². The van der Waals surface area contributed by atoms with Gasteiger partial charge in [-0.15, -0.1) is 0 Å². The number of rotatable bonds is 2. The molecule has 1 heterocycles. The van der Waals surface area contributed by atoms with Gasteiger partial charge in [0, 0.05) is 19.4 Å². The molecule has 1 aliphatic heterocycles. The SMILES string of the molecule is C=CC(=O)C1CC(=O)CCN1C. The Morgan fingerprint density at radius 3 is 3.00 bits per heavy atom. The van der Waals surface area contributed by atoms with Crippen molar-refractivity contribution in [1.29, 1.82) is 0 Å². The molecule has 12 heavy (non-hydrogen) atoms. The van der Waals surface area contributed by atoms with Crippen molar-refractivity contribution in [2.75, 3.05) is 13.6 Å². The van der Waals surface area contributed by atoms with Gasteiger partial charge in [0.2, 0.25) is 0 Å². The topological polar surface area (TPSA) is 37.4 Å². The molecule has 0 aromatic heterocycles. The summed E-state index contributed by atoms with van der Waals surface area (Å²) < 4.78 is 0. The first-order valence-corrected chi connectivity index (χ1v) is 4.03. The Hall–Kier alpha value is -0.960. The third-order valence-electron chi connectivity index (χ3n) is 2.23. The zero-order valence-electron chi connectivity index (χ0n) is 7.25. The molecule has 0 spiro atoms. The minimum atomic E-state index is -0.260. The Balaban J connectivity index is 2.66. The summed E-state index contributed by atoms with van der Waals surface area (Å²) in [6.45, 7) is 4.09. The van der Waals surface area contributed by atoms with Gasteiger partial charge in [-0.25, -0.2) is 0 Å². The molecule has 1 atom stereocenters. The minimum absolute atomic E-state index is 0.0504. The van der Waals surface area contributed by atoms with Gasteiger partial charge in [-0.1, -0.05) is 6.58 Å². The summed E-state index contributed by atoms with van der Waals surface area (Å²) in [6.07, 6.45) is 2.21. The van der Waals surface area contributed by atoms with Crippen molar-refractivity contribution in [3.05, 3.63) is 12.7 Å². The lowest BCUT2D eigenvalue weighted by molar-refractivity contribution is -0.129. The highest BCUT2D eigenvalue weighted by atomic mass is 16.1. The first-order chi connectivity index (χ1) is 5.65. The van der Waals surface area contributed by atoms with Crippen LogP contribution in [0.2, 0.25) is 0 Å². The number of hydrogen-bond donors (Lipinski definition) is 0. The van der Waals surface area contributed by atoms with Gasteiger partial charge in [-0.2, -0.15) is 0 Å². The molecule has 0 N–H and O–H groups in total. The van der Waals surface area contributed by atoms with Crippen LogP contribution in [0.1, 0.15) is 12.8 Å². The number of likely N-dealkylation sites (N-methyl/N-ethyl adjacent to an activating group) is 1. The maximum absolute atomic E-state index is 11.2. The number of ketones is 2. The van der Waals surface area contributed by atoms with Gasteiger partial charge >= 0.3 is 0 Å². The van der Waals surface area contributed by atoms with Crippen LogP contribution in [-0.4, -0.2) is 36.1 Å². The summed E-state index contributed by atoms with van der Waals surface area (Å²) in [4.78, 5) is 24.1. The molecule has 1 fully saturated rings. The fraction of sp³-hybridized carbons (Fsp3) is 0.556. The van der Waals surface area contributed by atoms with E-state index < -0.39 is 0 Å². The van der Waals surface area contributed by atoms with Crippen LogP contribution in [0.3, 0.4) is 0 Å². The molecule has 0 saturated carbocycles. The first kappa shape index (κ1) is 9.13. The van der Waals surface area contributed by atoms with E-state index in [1.807, 2.05) is 11.9 Å². The van der Waals surface area contributed by atoms with Crippen molar-refractivity contribution in [2.24, 2.45) is 0 Å². The maximum Gasteiger partial charge on any atom is 0.172 e. The minimum Gasteiger partial charge on any atom is -0.300 e. The molecule has 0 amide bonds. The van der Waals surface area contributed by atoms with Crippen LogP contribution in [-0.2, 0) is 9.59 Å². The number of carbonyl (C=O) groups is 2. The molecule has 1 unspecified atom stereocenters. The monoisotopic (exact) mass is 167 g/mol. The molecule has 3 heteroatoms. The third-order valence-corrected chi connectivity index (χ3v) is 2.23.